The predicted octanol–water partition coefficient (Wildman–Crippen LogP) is 3.72. The number of nitrogens with zero attached hydrogens (tertiary/aromatic N) is 1. The third-order valence-electron chi connectivity index (χ3n) is 3.61. The standard InChI is InChI=1S/C16H14BrClN2O3S/c1-24(22,23)8-14(21)16-15(9-3-2-4-19-7-9)10-5-12(18)11(17)6-13(10)20-16/h2-7,14,20-21H,8H2,1H3. The number of fused-ring (bicyclic) bond motifs is 1. The van der Waals surface area contributed by atoms with E-state index in [0.29, 0.717) is 20.8 Å². The van der Waals surface area contributed by atoms with Gasteiger partial charge < -0.3 is 10.1 Å². The largest absolute Gasteiger partial charge is 0.386 e. The van der Waals surface area contributed by atoms with Gasteiger partial charge in [0, 0.05) is 45.2 Å². The topological polar surface area (TPSA) is 83.0 Å². The number of aromatic nitrogens is 2. The maximum absolute atomic E-state index is 11.6. The van der Waals surface area contributed by atoms with Gasteiger partial charge in [0.15, 0.2) is 0 Å². The second-order valence-electron chi connectivity index (χ2n) is 5.58. The lowest BCUT2D eigenvalue weighted by Gasteiger charge is -2.11. The number of hydrogen-bond acceptors (Lipinski definition) is 4. The number of benzene rings is 1. The van der Waals surface area contributed by atoms with Crippen molar-refractivity contribution in [3.63, 3.8) is 0 Å². The number of hydrogen-bond donors (Lipinski definition) is 2. The van der Waals surface area contributed by atoms with Crippen LogP contribution >= 0.6 is 27.5 Å². The summed E-state index contributed by atoms with van der Waals surface area (Å²) in [6.45, 7) is 0. The smallest absolute Gasteiger partial charge is 0.150 e. The molecule has 0 aliphatic rings. The van der Waals surface area contributed by atoms with E-state index in [1.165, 1.54) is 0 Å². The third-order valence-corrected chi connectivity index (χ3v) is 5.73. The lowest BCUT2D eigenvalue weighted by atomic mass is 10.0. The van der Waals surface area contributed by atoms with E-state index in [0.717, 1.165) is 22.7 Å². The van der Waals surface area contributed by atoms with Crippen LogP contribution in [0.3, 0.4) is 0 Å². The molecule has 1 aromatic carbocycles. The summed E-state index contributed by atoms with van der Waals surface area (Å²) in [6.07, 6.45) is 3.22. The van der Waals surface area contributed by atoms with Crippen molar-refractivity contribution in [1.82, 2.24) is 9.97 Å². The number of aliphatic hydroxyl groups excluding tert-OH is 1. The molecule has 0 aliphatic carbocycles. The van der Waals surface area contributed by atoms with E-state index in [2.05, 4.69) is 25.9 Å². The first kappa shape index (κ1) is 17.4. The highest BCUT2D eigenvalue weighted by Crippen LogP contribution is 2.39. The maximum atomic E-state index is 11.6. The van der Waals surface area contributed by atoms with Gasteiger partial charge in [-0.25, -0.2) is 8.42 Å². The molecule has 5 nitrogen and oxygen atoms in total. The Hall–Kier alpha value is -1.41. The number of H-pyrrole nitrogens is 1. The van der Waals surface area contributed by atoms with Gasteiger partial charge in [-0.3, -0.25) is 4.98 Å². The molecule has 3 rings (SSSR count). The van der Waals surface area contributed by atoms with Crippen molar-refractivity contribution >= 4 is 48.3 Å². The summed E-state index contributed by atoms with van der Waals surface area (Å²) in [4.78, 5) is 7.23. The summed E-state index contributed by atoms with van der Waals surface area (Å²) in [5, 5.41) is 11.8. The van der Waals surface area contributed by atoms with Crippen molar-refractivity contribution in [1.29, 1.82) is 0 Å². The number of sulfone groups is 1. The molecule has 0 spiro atoms. The van der Waals surface area contributed by atoms with Crippen LogP contribution in [-0.4, -0.2) is 35.5 Å². The average Bonchev–Trinajstić information content (AvgIpc) is 2.85. The van der Waals surface area contributed by atoms with Crippen LogP contribution in [0.25, 0.3) is 22.0 Å². The molecule has 1 unspecified atom stereocenters. The molecule has 0 saturated carbocycles. The number of pyridine rings is 1. The van der Waals surface area contributed by atoms with Crippen LogP contribution in [0.1, 0.15) is 11.8 Å². The van der Waals surface area contributed by atoms with E-state index in [1.807, 2.05) is 6.07 Å². The molecule has 0 aliphatic heterocycles. The van der Waals surface area contributed by atoms with Gasteiger partial charge in [-0.05, 0) is 34.1 Å². The number of aliphatic hydroxyl groups is 1. The fourth-order valence-electron chi connectivity index (χ4n) is 2.65. The van der Waals surface area contributed by atoms with E-state index in [-0.39, 0.29) is 5.75 Å². The molecule has 24 heavy (non-hydrogen) atoms. The normalized spacial score (nSPS) is 13.3. The molecule has 8 heteroatoms. The Morgan fingerprint density at radius 2 is 2.17 bits per heavy atom. The lowest BCUT2D eigenvalue weighted by molar-refractivity contribution is 0.198. The number of halogens is 2. The van der Waals surface area contributed by atoms with Crippen LogP contribution in [-0.2, 0) is 9.84 Å². The minimum Gasteiger partial charge on any atom is -0.386 e. The van der Waals surface area contributed by atoms with Gasteiger partial charge in [-0.2, -0.15) is 0 Å². The molecule has 2 N–H and O–H groups in total. The summed E-state index contributed by atoms with van der Waals surface area (Å²) in [5.41, 5.74) is 2.64. The van der Waals surface area contributed by atoms with E-state index < -0.39 is 15.9 Å². The second kappa shape index (κ2) is 6.48. The Labute approximate surface area is 152 Å². The molecule has 0 amide bonds. The fourth-order valence-corrected chi connectivity index (χ4v) is 3.90. The highest BCUT2D eigenvalue weighted by atomic mass is 79.9. The second-order valence-corrected chi connectivity index (χ2v) is 9.02. The maximum Gasteiger partial charge on any atom is 0.150 e. The van der Waals surface area contributed by atoms with Gasteiger partial charge in [0.1, 0.15) is 15.9 Å². The van der Waals surface area contributed by atoms with Gasteiger partial charge in [-0.1, -0.05) is 17.7 Å². The monoisotopic (exact) mass is 428 g/mol. The first-order valence-electron chi connectivity index (χ1n) is 7.03. The van der Waals surface area contributed by atoms with Crippen LogP contribution in [0.2, 0.25) is 5.02 Å². The Bertz CT molecular complexity index is 1000. The summed E-state index contributed by atoms with van der Waals surface area (Å²) in [5.74, 6) is -0.373. The molecule has 0 saturated heterocycles. The first-order valence-corrected chi connectivity index (χ1v) is 10.3. The Balaban J connectivity index is 2.28. The minimum absolute atomic E-state index is 0.373. The van der Waals surface area contributed by atoms with Crippen LogP contribution in [0, 0.1) is 0 Å². The van der Waals surface area contributed by atoms with Crippen LogP contribution in [0.5, 0.6) is 0 Å². The number of aromatic amines is 1. The van der Waals surface area contributed by atoms with Gasteiger partial charge >= 0.3 is 0 Å². The summed E-state index contributed by atoms with van der Waals surface area (Å²) in [7, 11) is -3.35. The van der Waals surface area contributed by atoms with E-state index in [9.17, 15) is 13.5 Å². The molecular weight excluding hydrogens is 416 g/mol. The molecule has 0 fully saturated rings. The minimum atomic E-state index is -3.35. The average molecular weight is 430 g/mol. The Morgan fingerprint density at radius 3 is 2.79 bits per heavy atom. The highest BCUT2D eigenvalue weighted by molar-refractivity contribution is 9.10. The van der Waals surface area contributed by atoms with Gasteiger partial charge in [0.2, 0.25) is 0 Å². The summed E-state index contributed by atoms with van der Waals surface area (Å²) >= 11 is 9.58. The number of rotatable bonds is 4. The zero-order valence-corrected chi connectivity index (χ0v) is 15.8. The molecule has 2 heterocycles. The molecule has 126 valence electrons. The molecule has 3 aromatic rings. The van der Waals surface area contributed by atoms with Crippen molar-refractivity contribution in [2.24, 2.45) is 0 Å². The van der Waals surface area contributed by atoms with E-state index >= 15 is 0 Å². The van der Waals surface area contributed by atoms with E-state index in [4.69, 9.17) is 11.6 Å². The van der Waals surface area contributed by atoms with Gasteiger partial charge in [0.25, 0.3) is 0 Å². The van der Waals surface area contributed by atoms with Gasteiger partial charge in [-0.15, -0.1) is 0 Å². The van der Waals surface area contributed by atoms with Crippen molar-refractivity contribution in [3.05, 3.63) is 51.8 Å². The molecular formula is C16H14BrClN2O3S. The lowest BCUT2D eigenvalue weighted by Crippen LogP contribution is -2.13. The summed E-state index contributed by atoms with van der Waals surface area (Å²) < 4.78 is 23.9. The number of nitrogens with one attached hydrogen (secondary N) is 1. The highest BCUT2D eigenvalue weighted by Gasteiger charge is 2.23. The van der Waals surface area contributed by atoms with Crippen LogP contribution in [0.4, 0.5) is 0 Å². The first-order chi connectivity index (χ1) is 11.3. The Kier molecular flexibility index (Phi) is 4.70. The quantitative estimate of drug-likeness (QED) is 0.662. The van der Waals surface area contributed by atoms with Crippen LogP contribution in [0.15, 0.2) is 41.1 Å². The summed E-state index contributed by atoms with van der Waals surface area (Å²) in [6, 6.07) is 7.20. The third kappa shape index (κ3) is 3.49. The molecule has 0 radical (unpaired) electrons. The van der Waals surface area contributed by atoms with Crippen LogP contribution < -0.4 is 0 Å². The van der Waals surface area contributed by atoms with Gasteiger partial charge in [0.05, 0.1) is 16.5 Å². The predicted molar refractivity (Wildman–Crippen MR) is 98.9 cm³/mol. The molecule has 2 aromatic heterocycles. The molecule has 1 atom stereocenters. The van der Waals surface area contributed by atoms with Crippen molar-refractivity contribution in [2.45, 2.75) is 6.10 Å². The van der Waals surface area contributed by atoms with E-state index in [1.54, 1.807) is 30.6 Å². The Morgan fingerprint density at radius 1 is 1.42 bits per heavy atom. The van der Waals surface area contributed by atoms with Crippen molar-refractivity contribution < 1.29 is 13.5 Å². The van der Waals surface area contributed by atoms with Crippen molar-refractivity contribution in [2.75, 3.05) is 12.0 Å². The zero-order valence-electron chi connectivity index (χ0n) is 12.6. The zero-order chi connectivity index (χ0) is 17.5. The fraction of sp³-hybridized carbons (Fsp3) is 0.188. The molecule has 0 bridgehead atoms. The van der Waals surface area contributed by atoms with Crippen molar-refractivity contribution in [3.8, 4) is 11.1 Å². The SMILES string of the molecule is CS(=O)(=O)CC(O)c1[nH]c2cc(Br)c(Cl)cc2c1-c1cccnc1.